The number of hydrogen-bond acceptors (Lipinski definition) is 12. The number of benzene rings is 4. The molecule has 10 rings (SSSR count). The first-order chi connectivity index (χ1) is 36.3. The summed E-state index contributed by atoms with van der Waals surface area (Å²) in [5.41, 5.74) is 4.34. The van der Waals surface area contributed by atoms with Crippen LogP contribution in [0.2, 0.25) is 5.15 Å². The van der Waals surface area contributed by atoms with Gasteiger partial charge in [-0.3, -0.25) is 23.7 Å². The maximum absolute atomic E-state index is 13.2. The number of rotatable bonds is 16. The third kappa shape index (κ3) is 12.0. The van der Waals surface area contributed by atoms with Crippen molar-refractivity contribution >= 4 is 93.5 Å². The van der Waals surface area contributed by atoms with Gasteiger partial charge in [0.2, 0.25) is 11.8 Å². The molecular formula is C55H62BrClN6O10S3. The Morgan fingerprint density at radius 2 is 1.08 bits per heavy atom. The maximum Gasteiger partial charge on any atom is 0.266 e. The van der Waals surface area contributed by atoms with Gasteiger partial charge in [-0.15, -0.1) is 11.3 Å². The predicted molar refractivity (Wildman–Crippen MR) is 300 cm³/mol. The van der Waals surface area contributed by atoms with Crippen LogP contribution in [-0.4, -0.2) is 77.9 Å². The molecule has 16 nitrogen and oxygen atoms in total. The molecule has 2 aliphatic heterocycles. The Morgan fingerprint density at radius 1 is 0.632 bits per heavy atom. The molecule has 2 aliphatic carbocycles. The van der Waals surface area contributed by atoms with Crippen LogP contribution < -0.4 is 38.2 Å². The molecule has 404 valence electrons. The number of carbonyl (C=O) groups excluding carboxylic acids is 2. The molecule has 0 radical (unpaired) electrons. The normalized spacial score (nSPS) is 18.3. The first-order valence-corrected chi connectivity index (χ1v) is 30.3. The molecule has 0 spiro atoms. The van der Waals surface area contributed by atoms with E-state index < -0.39 is 20.0 Å². The lowest BCUT2D eigenvalue weighted by atomic mass is 9.98. The van der Waals surface area contributed by atoms with Gasteiger partial charge in [0.1, 0.15) is 14.9 Å². The zero-order valence-electron chi connectivity index (χ0n) is 43.2. The summed E-state index contributed by atoms with van der Waals surface area (Å²) in [6, 6.07) is 25.6. The van der Waals surface area contributed by atoms with Gasteiger partial charge in [0.25, 0.3) is 20.0 Å². The van der Waals surface area contributed by atoms with Crippen molar-refractivity contribution in [2.75, 3.05) is 46.6 Å². The number of nitrogens with one attached hydrogen (secondary N) is 2. The monoisotopic (exact) mass is 1180 g/mol. The second kappa shape index (κ2) is 23.0. The average Bonchev–Trinajstić information content (AvgIpc) is 4.31. The van der Waals surface area contributed by atoms with E-state index in [0.29, 0.717) is 81.0 Å². The highest BCUT2D eigenvalue weighted by Crippen LogP contribution is 2.42. The highest BCUT2D eigenvalue weighted by Gasteiger charge is 2.35. The topological polar surface area (TPSA) is 188 Å². The van der Waals surface area contributed by atoms with E-state index in [-0.39, 0.29) is 50.8 Å². The minimum Gasteiger partial charge on any atom is -0.493 e. The van der Waals surface area contributed by atoms with Crippen molar-refractivity contribution in [2.45, 2.75) is 119 Å². The Bertz CT molecular complexity index is 3150. The second-order valence-corrected chi connectivity index (χ2v) is 25.5. The molecular weight excluding hydrogens is 1120 g/mol. The summed E-state index contributed by atoms with van der Waals surface area (Å²) < 4.78 is 83.1. The number of amides is 2. The molecule has 2 N–H and O–H groups in total. The van der Waals surface area contributed by atoms with E-state index in [1.165, 1.54) is 41.7 Å². The van der Waals surface area contributed by atoms with Gasteiger partial charge in [0.15, 0.2) is 23.0 Å². The summed E-state index contributed by atoms with van der Waals surface area (Å²) in [7, 11) is -2.93. The SMILES string of the molecule is COc1ccc(C2CC(=O)N(c3cccc(NS(=O)(=O)c4c(C)nn(C)c4Cl)c3)C2)cc1OC1CCCC1.COc1ccc(C2CC(=O)N(c3cccc(NS(=O)(=O)c4c(C)sc(C)c4Br)c3)C2)cc1OC1CCCC1. The Labute approximate surface area is 462 Å². The summed E-state index contributed by atoms with van der Waals surface area (Å²) in [5.74, 6) is 2.75. The summed E-state index contributed by atoms with van der Waals surface area (Å²) >= 11 is 11.0. The number of nitrogens with zero attached hydrogens (tertiary/aromatic N) is 4. The number of carbonyl (C=O) groups is 2. The van der Waals surface area contributed by atoms with Crippen molar-refractivity contribution in [3.63, 3.8) is 0 Å². The van der Waals surface area contributed by atoms with Crippen molar-refractivity contribution in [2.24, 2.45) is 7.05 Å². The number of sulfonamides is 2. The van der Waals surface area contributed by atoms with E-state index in [1.54, 1.807) is 87.4 Å². The van der Waals surface area contributed by atoms with E-state index in [9.17, 15) is 26.4 Å². The standard InChI is InChI=1S/C28H31BrN2O5S2.C27H31ClN4O5S/c1-17-27(29)28(18(2)37-17)38(33,34)30-21-7-6-8-22(15-21)31-16-20(14-26(31)32)19-11-12-24(35-3)25(13-19)36-23-9-4-5-10-23;1-17-26(27(28)31(2)29-17)38(34,35)30-20-7-6-8-21(15-20)32-16-19(14-25(32)33)18-11-12-23(36-3)24(13-18)37-22-9-4-5-10-22/h6-8,11-13,15,20,23,30H,4-5,9-10,14,16H2,1-3H3;6-8,11-13,15,19,22,30H,4-5,9-10,14,16H2,1-3H3. The quantitative estimate of drug-likeness (QED) is 0.0938. The van der Waals surface area contributed by atoms with Crippen LogP contribution in [0.1, 0.15) is 103 Å². The molecule has 2 amide bonds. The van der Waals surface area contributed by atoms with E-state index in [0.717, 1.165) is 47.4 Å². The Hall–Kier alpha value is -5.80. The van der Waals surface area contributed by atoms with Gasteiger partial charge in [-0.1, -0.05) is 35.9 Å². The van der Waals surface area contributed by atoms with Crippen LogP contribution in [0, 0.1) is 20.8 Å². The van der Waals surface area contributed by atoms with Gasteiger partial charge >= 0.3 is 0 Å². The fraction of sp³-hybridized carbons (Fsp3) is 0.400. The first kappa shape index (κ1) is 55.0. The van der Waals surface area contributed by atoms with E-state index in [1.807, 2.05) is 49.4 Å². The number of aromatic nitrogens is 2. The summed E-state index contributed by atoms with van der Waals surface area (Å²) in [6.07, 6.45) is 9.97. The molecule has 4 aromatic carbocycles. The Kier molecular flexibility index (Phi) is 16.7. The molecule has 21 heteroatoms. The van der Waals surface area contributed by atoms with E-state index in [2.05, 4.69) is 30.5 Å². The van der Waals surface area contributed by atoms with Crippen molar-refractivity contribution in [3.8, 4) is 23.0 Å². The third-order valence-corrected chi connectivity index (χ3v) is 20.6. The molecule has 76 heavy (non-hydrogen) atoms. The molecule has 6 aromatic rings. The van der Waals surface area contributed by atoms with Gasteiger partial charge in [-0.2, -0.15) is 5.10 Å². The number of thiophene rings is 1. The fourth-order valence-corrected chi connectivity index (χ4v) is 16.3. The van der Waals surface area contributed by atoms with Gasteiger partial charge in [-0.05, 0) is 160 Å². The molecule has 2 saturated heterocycles. The number of methoxy groups -OCH3 is 2. The summed E-state index contributed by atoms with van der Waals surface area (Å²) in [4.78, 5) is 31.3. The molecule has 2 atom stereocenters. The number of hydrogen-bond donors (Lipinski definition) is 2. The van der Waals surface area contributed by atoms with Crippen LogP contribution in [0.5, 0.6) is 23.0 Å². The smallest absolute Gasteiger partial charge is 0.266 e. The Morgan fingerprint density at radius 3 is 1.47 bits per heavy atom. The zero-order valence-corrected chi connectivity index (χ0v) is 48.0. The largest absolute Gasteiger partial charge is 0.493 e. The van der Waals surface area contributed by atoms with Crippen LogP contribution in [0.3, 0.4) is 0 Å². The number of halogens is 2. The van der Waals surface area contributed by atoms with Crippen LogP contribution in [0.4, 0.5) is 22.7 Å². The number of ether oxygens (including phenoxy) is 4. The first-order valence-electron chi connectivity index (χ1n) is 25.3. The van der Waals surface area contributed by atoms with E-state index in [4.69, 9.17) is 30.5 Å². The highest BCUT2D eigenvalue weighted by molar-refractivity contribution is 9.10. The van der Waals surface area contributed by atoms with Crippen LogP contribution in [0.25, 0.3) is 0 Å². The molecule has 0 bridgehead atoms. The lowest BCUT2D eigenvalue weighted by molar-refractivity contribution is -0.118. The van der Waals surface area contributed by atoms with Gasteiger partial charge < -0.3 is 28.7 Å². The zero-order chi connectivity index (χ0) is 54.1. The lowest BCUT2D eigenvalue weighted by Gasteiger charge is -2.20. The minimum absolute atomic E-state index is 0.00358. The number of aryl methyl sites for hydroxylation is 4. The Balaban J connectivity index is 0.000000186. The maximum atomic E-state index is 13.2. The second-order valence-electron chi connectivity index (χ2n) is 19.7. The van der Waals surface area contributed by atoms with Crippen molar-refractivity contribution in [1.82, 2.24) is 9.78 Å². The number of anilines is 4. The average molecular weight is 1180 g/mol. The minimum atomic E-state index is -3.98. The van der Waals surface area contributed by atoms with Gasteiger partial charge in [0.05, 0.1) is 48.0 Å². The van der Waals surface area contributed by atoms with Crippen LogP contribution >= 0.6 is 38.9 Å². The summed E-state index contributed by atoms with van der Waals surface area (Å²) in [5, 5.41) is 4.11. The van der Waals surface area contributed by atoms with Crippen LogP contribution in [-0.2, 0) is 36.7 Å². The molecule has 4 aliphatic rings. The summed E-state index contributed by atoms with van der Waals surface area (Å²) in [6.45, 7) is 6.23. The van der Waals surface area contributed by atoms with Crippen molar-refractivity contribution < 1.29 is 45.4 Å². The highest BCUT2D eigenvalue weighted by atomic mass is 79.9. The van der Waals surface area contributed by atoms with Crippen molar-refractivity contribution in [1.29, 1.82) is 0 Å². The van der Waals surface area contributed by atoms with Gasteiger partial charge in [-0.25, -0.2) is 16.8 Å². The molecule has 4 heterocycles. The molecule has 2 unspecified atom stereocenters. The van der Waals surface area contributed by atoms with Crippen molar-refractivity contribution in [3.05, 3.63) is 121 Å². The van der Waals surface area contributed by atoms with Crippen LogP contribution in [0.15, 0.2) is 99.2 Å². The molecule has 4 fully saturated rings. The van der Waals surface area contributed by atoms with Gasteiger partial charge in [0, 0.05) is 65.9 Å². The lowest BCUT2D eigenvalue weighted by Crippen LogP contribution is -2.24. The fourth-order valence-electron chi connectivity index (χ4n) is 10.6. The predicted octanol–water partition coefficient (Wildman–Crippen LogP) is 11.8. The van der Waals surface area contributed by atoms with E-state index >= 15 is 0 Å². The third-order valence-electron chi connectivity index (χ3n) is 14.4. The molecule has 2 saturated carbocycles. The molecule has 2 aromatic heterocycles.